The molecule has 0 fully saturated rings. The Morgan fingerprint density at radius 1 is 1.21 bits per heavy atom. The van der Waals surface area contributed by atoms with Crippen LogP contribution in [0.2, 0.25) is 0 Å². The quantitative estimate of drug-likeness (QED) is 0.515. The van der Waals surface area contributed by atoms with E-state index in [0.29, 0.717) is 23.9 Å². The van der Waals surface area contributed by atoms with Gasteiger partial charge in [0.25, 0.3) is 0 Å². The molecule has 0 saturated heterocycles. The number of esters is 1. The number of nitrogens with zero attached hydrogens (tertiary/aromatic N) is 4. The first kappa shape index (κ1) is 20.3. The van der Waals surface area contributed by atoms with Gasteiger partial charge in [-0.25, -0.2) is 4.68 Å². The largest absolute Gasteiger partial charge is 0.493 e. The number of hydrogen-bond acceptors (Lipinski definition) is 7. The predicted molar refractivity (Wildman–Crippen MR) is 106 cm³/mol. The van der Waals surface area contributed by atoms with Crippen molar-refractivity contribution >= 4 is 18.2 Å². The molecule has 0 amide bonds. The van der Waals surface area contributed by atoms with Crippen LogP contribution in [0.5, 0.6) is 11.5 Å². The van der Waals surface area contributed by atoms with Crippen molar-refractivity contribution in [1.82, 2.24) is 19.2 Å². The minimum absolute atomic E-state index is 0.112. The van der Waals surface area contributed by atoms with Crippen LogP contribution in [0, 0.1) is 4.77 Å². The summed E-state index contributed by atoms with van der Waals surface area (Å²) in [6.45, 7) is 4.35. The molecule has 2 aromatic rings. The lowest BCUT2D eigenvalue weighted by atomic mass is 9.99. The third kappa shape index (κ3) is 4.20. The molecule has 0 atom stereocenters. The summed E-state index contributed by atoms with van der Waals surface area (Å²) in [5.74, 6) is 1.79. The summed E-state index contributed by atoms with van der Waals surface area (Å²) >= 11 is 5.50. The molecular weight excluding hydrogens is 380 g/mol. The molecule has 28 heavy (non-hydrogen) atoms. The standard InChI is InChI=1S/C19H26N4O4S/c1-5-27-18(24)10-17-20-23(19(28)21(17)2)12-22-7-6-13-8-15(25-3)16(26-4)9-14(13)11-22/h8-9H,5-7,10-12H2,1-4H3. The van der Waals surface area contributed by atoms with Gasteiger partial charge < -0.3 is 18.8 Å². The second-order valence-electron chi connectivity index (χ2n) is 6.66. The lowest BCUT2D eigenvalue weighted by Crippen LogP contribution is -2.33. The molecule has 1 aromatic heterocycles. The number of carbonyl (C=O) groups is 1. The molecule has 0 N–H and O–H groups in total. The van der Waals surface area contributed by atoms with E-state index in [0.717, 1.165) is 31.0 Å². The van der Waals surface area contributed by atoms with E-state index in [1.54, 1.807) is 30.4 Å². The number of benzene rings is 1. The highest BCUT2D eigenvalue weighted by atomic mass is 32.1. The van der Waals surface area contributed by atoms with Crippen molar-refractivity contribution in [2.45, 2.75) is 33.0 Å². The molecule has 0 unspecified atom stereocenters. The molecule has 1 aliphatic heterocycles. The topological polar surface area (TPSA) is 70.8 Å². The maximum atomic E-state index is 11.8. The monoisotopic (exact) mass is 406 g/mol. The zero-order valence-corrected chi connectivity index (χ0v) is 17.5. The molecule has 1 aliphatic rings. The van der Waals surface area contributed by atoms with Gasteiger partial charge >= 0.3 is 5.97 Å². The first-order valence-corrected chi connectivity index (χ1v) is 9.62. The summed E-state index contributed by atoms with van der Waals surface area (Å²) in [5, 5.41) is 4.53. The smallest absolute Gasteiger partial charge is 0.313 e. The second kappa shape index (κ2) is 8.74. The number of fused-ring (bicyclic) bond motifs is 1. The maximum absolute atomic E-state index is 11.8. The van der Waals surface area contributed by atoms with Gasteiger partial charge in [0.05, 0.1) is 27.5 Å². The third-order valence-electron chi connectivity index (χ3n) is 4.87. The van der Waals surface area contributed by atoms with Crippen LogP contribution in [0.15, 0.2) is 12.1 Å². The molecule has 8 nitrogen and oxygen atoms in total. The van der Waals surface area contributed by atoms with Crippen molar-refractivity contribution < 1.29 is 19.0 Å². The summed E-state index contributed by atoms with van der Waals surface area (Å²) in [5.41, 5.74) is 2.47. The van der Waals surface area contributed by atoms with Crippen LogP contribution >= 0.6 is 12.2 Å². The summed E-state index contributed by atoms with van der Waals surface area (Å²) < 4.78 is 19.9. The van der Waals surface area contributed by atoms with E-state index >= 15 is 0 Å². The lowest BCUT2D eigenvalue weighted by molar-refractivity contribution is -0.142. The Morgan fingerprint density at radius 2 is 1.89 bits per heavy atom. The van der Waals surface area contributed by atoms with Crippen molar-refractivity contribution in [1.29, 1.82) is 0 Å². The van der Waals surface area contributed by atoms with E-state index in [2.05, 4.69) is 16.1 Å². The Morgan fingerprint density at radius 3 is 2.54 bits per heavy atom. The van der Waals surface area contributed by atoms with Crippen LogP contribution in [-0.2, 0) is 42.6 Å². The Balaban J connectivity index is 1.75. The van der Waals surface area contributed by atoms with Gasteiger partial charge in [-0.1, -0.05) is 0 Å². The highest BCUT2D eigenvalue weighted by Gasteiger charge is 2.21. The number of carbonyl (C=O) groups excluding carboxylic acids is 1. The molecule has 0 spiro atoms. The van der Waals surface area contributed by atoms with E-state index in [4.69, 9.17) is 26.4 Å². The van der Waals surface area contributed by atoms with Crippen LogP contribution < -0.4 is 9.47 Å². The van der Waals surface area contributed by atoms with Crippen LogP contribution in [0.1, 0.15) is 23.9 Å². The molecule has 0 radical (unpaired) electrons. The first-order chi connectivity index (χ1) is 13.5. The molecule has 3 rings (SSSR count). The van der Waals surface area contributed by atoms with Gasteiger partial charge in [-0.2, -0.15) is 5.10 Å². The summed E-state index contributed by atoms with van der Waals surface area (Å²) in [7, 11) is 5.11. The van der Waals surface area contributed by atoms with Crippen molar-refractivity contribution in [2.24, 2.45) is 7.05 Å². The third-order valence-corrected chi connectivity index (χ3v) is 5.35. The lowest BCUT2D eigenvalue weighted by Gasteiger charge is -2.29. The van der Waals surface area contributed by atoms with E-state index in [9.17, 15) is 4.79 Å². The normalized spacial score (nSPS) is 13.9. The minimum atomic E-state index is -0.300. The summed E-state index contributed by atoms with van der Waals surface area (Å²) in [6.07, 6.45) is 1.02. The molecular formula is C19H26N4O4S. The Bertz CT molecular complexity index is 921. The van der Waals surface area contributed by atoms with Crippen LogP contribution in [0.3, 0.4) is 0 Å². The van der Waals surface area contributed by atoms with Crippen molar-refractivity contribution in [3.8, 4) is 11.5 Å². The molecule has 1 aromatic carbocycles. The van der Waals surface area contributed by atoms with Crippen molar-refractivity contribution in [2.75, 3.05) is 27.4 Å². The summed E-state index contributed by atoms with van der Waals surface area (Å²) in [4.78, 5) is 14.0. The second-order valence-corrected chi connectivity index (χ2v) is 7.02. The van der Waals surface area contributed by atoms with E-state index in [1.807, 2.05) is 13.1 Å². The average molecular weight is 407 g/mol. The molecule has 0 saturated carbocycles. The number of methoxy groups -OCH3 is 2. The Labute approximate surface area is 169 Å². The number of hydrogen-bond donors (Lipinski definition) is 0. The molecule has 152 valence electrons. The fraction of sp³-hybridized carbons (Fsp3) is 0.526. The van der Waals surface area contributed by atoms with Gasteiger partial charge in [-0.15, -0.1) is 0 Å². The van der Waals surface area contributed by atoms with Gasteiger partial charge in [0.1, 0.15) is 12.2 Å². The van der Waals surface area contributed by atoms with Crippen LogP contribution in [0.4, 0.5) is 0 Å². The van der Waals surface area contributed by atoms with Gasteiger partial charge in [-0.05, 0) is 48.8 Å². The molecule has 0 bridgehead atoms. The zero-order chi connectivity index (χ0) is 20.3. The maximum Gasteiger partial charge on any atom is 0.313 e. The fourth-order valence-electron chi connectivity index (χ4n) is 3.37. The molecule has 2 heterocycles. The van der Waals surface area contributed by atoms with Crippen molar-refractivity contribution in [3.05, 3.63) is 33.9 Å². The number of ether oxygens (including phenoxy) is 3. The van der Waals surface area contributed by atoms with E-state index in [1.165, 1.54) is 11.1 Å². The highest BCUT2D eigenvalue weighted by molar-refractivity contribution is 7.71. The first-order valence-electron chi connectivity index (χ1n) is 9.21. The van der Waals surface area contributed by atoms with Gasteiger partial charge in [0.2, 0.25) is 0 Å². The van der Waals surface area contributed by atoms with E-state index < -0.39 is 0 Å². The molecule has 9 heteroatoms. The van der Waals surface area contributed by atoms with E-state index in [-0.39, 0.29) is 12.4 Å². The van der Waals surface area contributed by atoms with Gasteiger partial charge in [-0.3, -0.25) is 9.69 Å². The number of rotatable bonds is 7. The van der Waals surface area contributed by atoms with Gasteiger partial charge in [0, 0.05) is 20.1 Å². The summed E-state index contributed by atoms with van der Waals surface area (Å²) in [6, 6.07) is 4.08. The predicted octanol–water partition coefficient (Wildman–Crippen LogP) is 2.09. The Hall–Kier alpha value is -2.39. The Kier molecular flexibility index (Phi) is 6.35. The average Bonchev–Trinajstić information content (AvgIpc) is 2.94. The molecule has 0 aliphatic carbocycles. The van der Waals surface area contributed by atoms with Crippen LogP contribution in [0.25, 0.3) is 0 Å². The van der Waals surface area contributed by atoms with Gasteiger partial charge in [0.15, 0.2) is 16.3 Å². The SMILES string of the molecule is CCOC(=O)Cc1nn(CN2CCc3cc(OC)c(OC)cc3C2)c(=S)n1C. The zero-order valence-electron chi connectivity index (χ0n) is 16.7. The fourth-order valence-corrected chi connectivity index (χ4v) is 3.58. The highest BCUT2D eigenvalue weighted by Crippen LogP contribution is 2.33. The minimum Gasteiger partial charge on any atom is -0.493 e. The van der Waals surface area contributed by atoms with Crippen LogP contribution in [-0.4, -0.2) is 52.6 Å². The van der Waals surface area contributed by atoms with Crippen molar-refractivity contribution in [3.63, 3.8) is 0 Å². The number of aromatic nitrogens is 3.